The second-order valence-corrected chi connectivity index (χ2v) is 3.98. The minimum Gasteiger partial charge on any atom is -0.395 e. The van der Waals surface area contributed by atoms with E-state index in [1.165, 1.54) is 6.92 Å². The molecular formula is C11H15F3N2O3. The Kier molecular flexibility index (Phi) is 4.93. The molecule has 1 aromatic rings. The molecule has 1 rings (SSSR count). The fraction of sp³-hybridized carbons (Fsp3) is 0.636. The summed E-state index contributed by atoms with van der Waals surface area (Å²) in [5, 5.41) is 12.4. The molecule has 0 aliphatic heterocycles. The molecule has 8 heteroatoms. The van der Waals surface area contributed by atoms with Gasteiger partial charge in [0.15, 0.2) is 0 Å². The first-order valence-corrected chi connectivity index (χ1v) is 5.72. The van der Waals surface area contributed by atoms with Crippen LogP contribution in [0.2, 0.25) is 0 Å². The SMILES string of the molecule is CCc1noc(C)c1C(=O)N(CCO)CC(F)(F)F. The van der Waals surface area contributed by atoms with Gasteiger partial charge in [0, 0.05) is 6.54 Å². The molecule has 0 aromatic carbocycles. The number of hydrogen-bond donors (Lipinski definition) is 1. The number of halogens is 3. The molecule has 0 saturated heterocycles. The Balaban J connectivity index is 3.02. The van der Waals surface area contributed by atoms with Gasteiger partial charge in [-0.25, -0.2) is 0 Å². The third-order valence-corrected chi connectivity index (χ3v) is 2.51. The second-order valence-electron chi connectivity index (χ2n) is 3.98. The second kappa shape index (κ2) is 6.05. The quantitative estimate of drug-likeness (QED) is 0.888. The van der Waals surface area contributed by atoms with Gasteiger partial charge in [-0.1, -0.05) is 12.1 Å². The van der Waals surface area contributed by atoms with Crippen LogP contribution >= 0.6 is 0 Å². The average Bonchev–Trinajstić information content (AvgIpc) is 2.67. The third kappa shape index (κ3) is 3.95. The van der Waals surface area contributed by atoms with Crippen LogP contribution < -0.4 is 0 Å². The van der Waals surface area contributed by atoms with Gasteiger partial charge in [0.25, 0.3) is 5.91 Å². The van der Waals surface area contributed by atoms with Gasteiger partial charge in [0.05, 0.1) is 12.3 Å². The van der Waals surface area contributed by atoms with Gasteiger partial charge in [0.2, 0.25) is 0 Å². The fourth-order valence-corrected chi connectivity index (χ4v) is 1.68. The summed E-state index contributed by atoms with van der Waals surface area (Å²) in [6.07, 6.45) is -4.15. The maximum absolute atomic E-state index is 12.4. The highest BCUT2D eigenvalue weighted by Crippen LogP contribution is 2.21. The molecule has 0 saturated carbocycles. The normalized spacial score (nSPS) is 11.7. The lowest BCUT2D eigenvalue weighted by Gasteiger charge is -2.23. The number of aryl methyl sites for hydroxylation is 2. The van der Waals surface area contributed by atoms with E-state index in [1.54, 1.807) is 6.92 Å². The van der Waals surface area contributed by atoms with Crippen LogP contribution in [0.4, 0.5) is 13.2 Å². The van der Waals surface area contributed by atoms with Gasteiger partial charge in [-0.3, -0.25) is 4.79 Å². The molecule has 0 aliphatic carbocycles. The van der Waals surface area contributed by atoms with Crippen LogP contribution in [0.25, 0.3) is 0 Å². The van der Waals surface area contributed by atoms with Crippen LogP contribution in [0.3, 0.4) is 0 Å². The van der Waals surface area contributed by atoms with Crippen molar-refractivity contribution in [1.29, 1.82) is 0 Å². The van der Waals surface area contributed by atoms with E-state index in [0.717, 1.165) is 0 Å². The van der Waals surface area contributed by atoms with Crippen molar-refractivity contribution < 1.29 is 27.6 Å². The predicted octanol–water partition coefficient (Wildman–Crippen LogP) is 1.54. The molecule has 0 aliphatic rings. The van der Waals surface area contributed by atoms with Crippen molar-refractivity contribution in [1.82, 2.24) is 10.1 Å². The number of aromatic nitrogens is 1. The van der Waals surface area contributed by atoms with Crippen molar-refractivity contribution in [3.8, 4) is 0 Å². The zero-order chi connectivity index (χ0) is 14.6. The lowest BCUT2D eigenvalue weighted by Crippen LogP contribution is -2.41. The van der Waals surface area contributed by atoms with Crippen LogP contribution in [-0.2, 0) is 6.42 Å². The number of alkyl halides is 3. The number of aliphatic hydroxyl groups is 1. The summed E-state index contributed by atoms with van der Waals surface area (Å²) in [4.78, 5) is 12.6. The predicted molar refractivity (Wildman–Crippen MR) is 59.7 cm³/mol. The molecule has 0 bridgehead atoms. The first kappa shape index (κ1) is 15.5. The first-order chi connectivity index (χ1) is 8.80. The molecule has 0 unspecified atom stereocenters. The Morgan fingerprint density at radius 3 is 2.58 bits per heavy atom. The smallest absolute Gasteiger partial charge is 0.395 e. The number of nitrogens with zero attached hydrogens (tertiary/aromatic N) is 2. The molecule has 108 valence electrons. The molecule has 1 heterocycles. The lowest BCUT2D eigenvalue weighted by atomic mass is 10.1. The zero-order valence-corrected chi connectivity index (χ0v) is 10.6. The van der Waals surface area contributed by atoms with Crippen LogP contribution in [-0.4, -0.2) is 46.9 Å². The zero-order valence-electron chi connectivity index (χ0n) is 10.6. The van der Waals surface area contributed by atoms with Crippen LogP contribution in [0, 0.1) is 6.92 Å². The molecule has 19 heavy (non-hydrogen) atoms. The van der Waals surface area contributed by atoms with E-state index in [-0.39, 0.29) is 11.3 Å². The van der Waals surface area contributed by atoms with Gasteiger partial charge >= 0.3 is 6.18 Å². The average molecular weight is 280 g/mol. The Hall–Kier alpha value is -1.57. The molecule has 5 nitrogen and oxygen atoms in total. The highest BCUT2D eigenvalue weighted by atomic mass is 19.4. The first-order valence-electron chi connectivity index (χ1n) is 5.72. The van der Waals surface area contributed by atoms with Crippen molar-refractivity contribution in [2.75, 3.05) is 19.7 Å². The van der Waals surface area contributed by atoms with E-state index in [4.69, 9.17) is 9.63 Å². The summed E-state index contributed by atoms with van der Waals surface area (Å²) in [6.45, 7) is 0.818. The summed E-state index contributed by atoms with van der Waals surface area (Å²) in [5.74, 6) is -0.658. The van der Waals surface area contributed by atoms with Crippen molar-refractivity contribution in [2.24, 2.45) is 0 Å². The molecule has 0 fully saturated rings. The van der Waals surface area contributed by atoms with Crippen molar-refractivity contribution in [3.63, 3.8) is 0 Å². The summed E-state index contributed by atoms with van der Waals surface area (Å²) in [7, 11) is 0. The molecule has 0 radical (unpaired) electrons. The van der Waals surface area contributed by atoms with E-state index in [2.05, 4.69) is 5.16 Å². The largest absolute Gasteiger partial charge is 0.406 e. The van der Waals surface area contributed by atoms with Crippen molar-refractivity contribution >= 4 is 5.91 Å². The molecule has 1 amide bonds. The van der Waals surface area contributed by atoms with Crippen LogP contribution in [0.15, 0.2) is 4.52 Å². The Morgan fingerprint density at radius 2 is 2.11 bits per heavy atom. The Bertz CT molecular complexity index is 443. The minimum absolute atomic E-state index is 0.0419. The van der Waals surface area contributed by atoms with Gasteiger partial charge in [-0.2, -0.15) is 13.2 Å². The van der Waals surface area contributed by atoms with Crippen molar-refractivity contribution in [3.05, 3.63) is 17.0 Å². The van der Waals surface area contributed by atoms with Gasteiger partial charge in [-0.05, 0) is 13.3 Å². The van der Waals surface area contributed by atoms with E-state index >= 15 is 0 Å². The van der Waals surface area contributed by atoms with E-state index < -0.39 is 31.8 Å². The number of rotatable bonds is 5. The highest BCUT2D eigenvalue weighted by molar-refractivity contribution is 5.96. The van der Waals surface area contributed by atoms with E-state index in [0.29, 0.717) is 17.0 Å². The van der Waals surface area contributed by atoms with Crippen LogP contribution in [0.1, 0.15) is 28.7 Å². The Morgan fingerprint density at radius 1 is 1.47 bits per heavy atom. The lowest BCUT2D eigenvalue weighted by molar-refractivity contribution is -0.141. The standard InChI is InChI=1S/C11H15F3N2O3/c1-3-8-9(7(2)19-15-8)10(18)16(4-5-17)6-11(12,13)14/h17H,3-6H2,1-2H3. The van der Waals surface area contributed by atoms with Crippen molar-refractivity contribution in [2.45, 2.75) is 26.4 Å². The number of aliphatic hydroxyl groups excluding tert-OH is 1. The Labute approximate surface area is 108 Å². The monoisotopic (exact) mass is 280 g/mol. The molecular weight excluding hydrogens is 265 g/mol. The summed E-state index contributed by atoms with van der Waals surface area (Å²) in [5.41, 5.74) is 0.354. The number of amides is 1. The van der Waals surface area contributed by atoms with E-state index in [9.17, 15) is 18.0 Å². The summed E-state index contributed by atoms with van der Waals surface area (Å²) in [6, 6.07) is 0. The number of carbonyl (C=O) groups excluding carboxylic acids is 1. The fourth-order valence-electron chi connectivity index (χ4n) is 1.68. The maximum Gasteiger partial charge on any atom is 0.406 e. The molecule has 0 atom stereocenters. The van der Waals surface area contributed by atoms with Gasteiger partial charge in [0.1, 0.15) is 17.9 Å². The van der Waals surface area contributed by atoms with Crippen LogP contribution in [0.5, 0.6) is 0 Å². The highest BCUT2D eigenvalue weighted by Gasteiger charge is 2.34. The minimum atomic E-state index is -4.53. The van der Waals surface area contributed by atoms with E-state index in [1.807, 2.05) is 0 Å². The topological polar surface area (TPSA) is 66.6 Å². The van der Waals surface area contributed by atoms with Gasteiger partial charge in [-0.15, -0.1) is 0 Å². The molecule has 1 N–H and O–H groups in total. The molecule has 0 spiro atoms. The maximum atomic E-state index is 12.4. The number of hydrogen-bond acceptors (Lipinski definition) is 4. The summed E-state index contributed by atoms with van der Waals surface area (Å²) >= 11 is 0. The summed E-state index contributed by atoms with van der Waals surface area (Å²) < 4.78 is 42.0. The third-order valence-electron chi connectivity index (χ3n) is 2.51. The molecule has 1 aromatic heterocycles. The van der Waals surface area contributed by atoms with Gasteiger partial charge < -0.3 is 14.5 Å². The number of carbonyl (C=O) groups is 1.